The first-order chi connectivity index (χ1) is 8.84. The molecular weight excluding hydrogens is 266 g/mol. The molecule has 1 aliphatic heterocycles. The van der Waals surface area contributed by atoms with E-state index in [1.54, 1.807) is 22.7 Å². The Morgan fingerprint density at radius 1 is 1.17 bits per heavy atom. The van der Waals surface area contributed by atoms with Crippen molar-refractivity contribution in [1.29, 1.82) is 0 Å². The van der Waals surface area contributed by atoms with Gasteiger partial charge in [-0.15, -0.1) is 22.7 Å². The number of morpholine rings is 1. The minimum absolute atomic E-state index is 0.131. The summed E-state index contributed by atoms with van der Waals surface area (Å²) in [4.78, 5) is 17.3. The number of nitrogens with zero attached hydrogens (tertiary/aromatic N) is 1. The van der Waals surface area contributed by atoms with Gasteiger partial charge in [0.05, 0.1) is 18.1 Å². The smallest absolute Gasteiger partial charge is 0.264 e. The normalized spacial score (nSPS) is 15.9. The number of thiophene rings is 2. The van der Waals surface area contributed by atoms with Gasteiger partial charge in [0.25, 0.3) is 5.91 Å². The molecule has 0 N–H and O–H groups in total. The van der Waals surface area contributed by atoms with E-state index < -0.39 is 0 Å². The van der Waals surface area contributed by atoms with Gasteiger partial charge in [0.1, 0.15) is 0 Å². The molecular formula is C13H13NO2S2. The first kappa shape index (κ1) is 11.9. The third-order valence-corrected chi connectivity index (χ3v) is 5.02. The number of rotatable bonds is 2. The summed E-state index contributed by atoms with van der Waals surface area (Å²) >= 11 is 3.27. The fourth-order valence-corrected chi connectivity index (χ4v) is 3.73. The highest BCUT2D eigenvalue weighted by Crippen LogP contribution is 2.32. The Labute approximate surface area is 114 Å². The van der Waals surface area contributed by atoms with Crippen LogP contribution in [0.25, 0.3) is 9.75 Å². The van der Waals surface area contributed by atoms with E-state index in [0.717, 1.165) is 4.88 Å². The zero-order valence-electron chi connectivity index (χ0n) is 9.80. The van der Waals surface area contributed by atoms with Crippen LogP contribution in [0.5, 0.6) is 0 Å². The van der Waals surface area contributed by atoms with Crippen LogP contribution in [-0.4, -0.2) is 37.1 Å². The summed E-state index contributed by atoms with van der Waals surface area (Å²) in [7, 11) is 0. The van der Waals surface area contributed by atoms with Crippen molar-refractivity contribution in [1.82, 2.24) is 4.90 Å². The first-order valence-corrected chi connectivity index (χ1v) is 7.55. The summed E-state index contributed by atoms with van der Waals surface area (Å²) in [6.45, 7) is 2.69. The Morgan fingerprint density at radius 3 is 2.72 bits per heavy atom. The molecule has 0 spiro atoms. The van der Waals surface area contributed by atoms with Crippen molar-refractivity contribution in [3.05, 3.63) is 34.5 Å². The molecule has 2 aromatic rings. The van der Waals surface area contributed by atoms with E-state index in [-0.39, 0.29) is 5.91 Å². The highest BCUT2D eigenvalue weighted by molar-refractivity contribution is 7.22. The van der Waals surface area contributed by atoms with Crippen LogP contribution < -0.4 is 0 Å². The van der Waals surface area contributed by atoms with Crippen LogP contribution >= 0.6 is 22.7 Å². The largest absolute Gasteiger partial charge is 0.378 e. The van der Waals surface area contributed by atoms with Gasteiger partial charge in [0.2, 0.25) is 0 Å². The van der Waals surface area contributed by atoms with Crippen LogP contribution in [0.4, 0.5) is 0 Å². The number of hydrogen-bond donors (Lipinski definition) is 0. The summed E-state index contributed by atoms with van der Waals surface area (Å²) in [5.41, 5.74) is 0. The van der Waals surface area contributed by atoms with Gasteiger partial charge in [0.15, 0.2) is 0 Å². The summed E-state index contributed by atoms with van der Waals surface area (Å²) < 4.78 is 5.26. The molecule has 0 aliphatic carbocycles. The van der Waals surface area contributed by atoms with Gasteiger partial charge in [-0.3, -0.25) is 4.79 Å². The zero-order chi connectivity index (χ0) is 12.4. The monoisotopic (exact) mass is 279 g/mol. The molecule has 1 aliphatic rings. The molecule has 1 fully saturated rings. The highest BCUT2D eigenvalue weighted by Gasteiger charge is 2.20. The highest BCUT2D eigenvalue weighted by atomic mass is 32.1. The Bertz CT molecular complexity index is 527. The summed E-state index contributed by atoms with van der Waals surface area (Å²) in [6.07, 6.45) is 0. The Morgan fingerprint density at radius 2 is 2.00 bits per heavy atom. The standard InChI is InChI=1S/C13H13NO2S2/c15-13(14-5-7-16-8-6-14)12-4-3-11(18-12)10-2-1-9-17-10/h1-4,9H,5-8H2. The second-order valence-electron chi connectivity index (χ2n) is 4.05. The van der Waals surface area contributed by atoms with Gasteiger partial charge in [-0.1, -0.05) is 6.07 Å². The van der Waals surface area contributed by atoms with E-state index in [0.29, 0.717) is 26.3 Å². The van der Waals surface area contributed by atoms with Crippen molar-refractivity contribution >= 4 is 28.6 Å². The average Bonchev–Trinajstić information content (AvgIpc) is 3.09. The van der Waals surface area contributed by atoms with Crippen LogP contribution in [-0.2, 0) is 4.74 Å². The van der Waals surface area contributed by atoms with Crippen molar-refractivity contribution in [3.63, 3.8) is 0 Å². The lowest BCUT2D eigenvalue weighted by Gasteiger charge is -2.26. The SMILES string of the molecule is O=C(c1ccc(-c2cccs2)s1)N1CCOCC1. The molecule has 0 saturated carbocycles. The zero-order valence-corrected chi connectivity index (χ0v) is 11.4. The molecule has 3 nitrogen and oxygen atoms in total. The Kier molecular flexibility index (Phi) is 3.45. The van der Waals surface area contributed by atoms with Gasteiger partial charge < -0.3 is 9.64 Å². The van der Waals surface area contributed by atoms with E-state index in [9.17, 15) is 4.79 Å². The lowest BCUT2D eigenvalue weighted by Crippen LogP contribution is -2.40. The van der Waals surface area contributed by atoms with E-state index in [4.69, 9.17) is 4.74 Å². The quantitative estimate of drug-likeness (QED) is 0.846. The summed E-state index contributed by atoms with van der Waals surface area (Å²) in [6, 6.07) is 8.07. The maximum absolute atomic E-state index is 12.3. The van der Waals surface area contributed by atoms with E-state index in [2.05, 4.69) is 11.4 Å². The first-order valence-electron chi connectivity index (χ1n) is 5.85. The van der Waals surface area contributed by atoms with Gasteiger partial charge in [0, 0.05) is 22.8 Å². The fraction of sp³-hybridized carbons (Fsp3) is 0.308. The van der Waals surface area contributed by atoms with Crippen LogP contribution in [0.15, 0.2) is 29.6 Å². The Hall–Kier alpha value is -1.17. The predicted molar refractivity (Wildman–Crippen MR) is 74.4 cm³/mol. The molecule has 0 aromatic carbocycles. The van der Waals surface area contributed by atoms with Gasteiger partial charge in [-0.05, 0) is 23.6 Å². The molecule has 1 amide bonds. The second-order valence-corrected chi connectivity index (χ2v) is 6.08. The number of carbonyl (C=O) groups is 1. The molecule has 94 valence electrons. The second kappa shape index (κ2) is 5.22. The van der Waals surface area contributed by atoms with Crippen LogP contribution in [0, 0.1) is 0 Å². The molecule has 2 aromatic heterocycles. The summed E-state index contributed by atoms with van der Waals surface area (Å²) in [5, 5.41) is 2.05. The maximum Gasteiger partial charge on any atom is 0.264 e. The van der Waals surface area contributed by atoms with Crippen molar-refractivity contribution < 1.29 is 9.53 Å². The fourth-order valence-electron chi connectivity index (χ4n) is 1.93. The van der Waals surface area contributed by atoms with Crippen molar-refractivity contribution in [2.24, 2.45) is 0 Å². The molecule has 0 atom stereocenters. The maximum atomic E-state index is 12.3. The molecule has 0 bridgehead atoms. The third kappa shape index (κ3) is 2.34. The molecule has 0 unspecified atom stereocenters. The van der Waals surface area contributed by atoms with Crippen molar-refractivity contribution in [2.75, 3.05) is 26.3 Å². The summed E-state index contributed by atoms with van der Waals surface area (Å²) in [5.74, 6) is 0.131. The van der Waals surface area contributed by atoms with Gasteiger partial charge in [-0.2, -0.15) is 0 Å². The third-order valence-electron chi connectivity index (χ3n) is 2.88. The molecule has 1 saturated heterocycles. The lowest BCUT2D eigenvalue weighted by atomic mass is 10.3. The van der Waals surface area contributed by atoms with E-state index in [1.165, 1.54) is 9.75 Å². The van der Waals surface area contributed by atoms with E-state index >= 15 is 0 Å². The average molecular weight is 279 g/mol. The van der Waals surface area contributed by atoms with Crippen LogP contribution in [0.1, 0.15) is 9.67 Å². The minimum atomic E-state index is 0.131. The van der Waals surface area contributed by atoms with Crippen molar-refractivity contribution in [2.45, 2.75) is 0 Å². The molecule has 5 heteroatoms. The number of ether oxygens (including phenoxy) is 1. The molecule has 3 rings (SSSR count). The molecule has 0 radical (unpaired) electrons. The molecule has 3 heterocycles. The molecule has 18 heavy (non-hydrogen) atoms. The topological polar surface area (TPSA) is 29.5 Å². The van der Waals surface area contributed by atoms with E-state index in [1.807, 2.05) is 23.1 Å². The van der Waals surface area contributed by atoms with Gasteiger partial charge in [-0.25, -0.2) is 0 Å². The van der Waals surface area contributed by atoms with Crippen molar-refractivity contribution in [3.8, 4) is 9.75 Å². The Balaban J connectivity index is 1.78. The predicted octanol–water partition coefficient (Wildman–Crippen LogP) is 2.95. The number of carbonyl (C=O) groups excluding carboxylic acids is 1. The minimum Gasteiger partial charge on any atom is -0.378 e. The van der Waals surface area contributed by atoms with Crippen LogP contribution in [0.3, 0.4) is 0 Å². The number of hydrogen-bond acceptors (Lipinski definition) is 4. The van der Waals surface area contributed by atoms with Crippen LogP contribution in [0.2, 0.25) is 0 Å². The number of amides is 1. The lowest BCUT2D eigenvalue weighted by molar-refractivity contribution is 0.0306. The van der Waals surface area contributed by atoms with Gasteiger partial charge >= 0.3 is 0 Å².